The van der Waals surface area contributed by atoms with E-state index in [0.29, 0.717) is 10.3 Å². The lowest BCUT2D eigenvalue weighted by molar-refractivity contribution is 0.828. The van der Waals surface area contributed by atoms with E-state index in [1.165, 1.54) is 11.3 Å². The SMILES string of the molecule is CCN(Cc1ccc(Cl)nc1Cl)c1ccc(C)cc1. The van der Waals surface area contributed by atoms with E-state index in [4.69, 9.17) is 23.2 Å². The van der Waals surface area contributed by atoms with Crippen LogP contribution in [0.4, 0.5) is 5.69 Å². The Morgan fingerprint density at radius 2 is 1.74 bits per heavy atom. The molecule has 0 fully saturated rings. The lowest BCUT2D eigenvalue weighted by atomic mass is 10.2. The zero-order chi connectivity index (χ0) is 13.8. The number of nitrogens with zero attached hydrogens (tertiary/aromatic N) is 2. The predicted molar refractivity (Wildman–Crippen MR) is 82.2 cm³/mol. The Kier molecular flexibility index (Phi) is 4.67. The third kappa shape index (κ3) is 3.62. The molecule has 1 heterocycles. The molecule has 0 amide bonds. The van der Waals surface area contributed by atoms with E-state index in [1.54, 1.807) is 6.07 Å². The smallest absolute Gasteiger partial charge is 0.135 e. The van der Waals surface area contributed by atoms with E-state index in [2.05, 4.69) is 48.0 Å². The first kappa shape index (κ1) is 14.2. The van der Waals surface area contributed by atoms with Crippen LogP contribution in [0.15, 0.2) is 36.4 Å². The molecule has 19 heavy (non-hydrogen) atoms. The molecule has 0 saturated carbocycles. The van der Waals surface area contributed by atoms with Crippen molar-refractivity contribution in [3.63, 3.8) is 0 Å². The van der Waals surface area contributed by atoms with Gasteiger partial charge in [-0.3, -0.25) is 0 Å². The van der Waals surface area contributed by atoms with Gasteiger partial charge in [-0.15, -0.1) is 0 Å². The molecule has 0 N–H and O–H groups in total. The highest BCUT2D eigenvalue weighted by Gasteiger charge is 2.09. The second-order valence-corrected chi connectivity index (χ2v) is 5.18. The minimum Gasteiger partial charge on any atom is -0.367 e. The molecular weight excluding hydrogens is 279 g/mol. The highest BCUT2D eigenvalue weighted by atomic mass is 35.5. The lowest BCUT2D eigenvalue weighted by Gasteiger charge is -2.23. The van der Waals surface area contributed by atoms with Crippen molar-refractivity contribution in [1.82, 2.24) is 4.98 Å². The summed E-state index contributed by atoms with van der Waals surface area (Å²) in [6.45, 7) is 5.84. The van der Waals surface area contributed by atoms with Crippen molar-refractivity contribution in [3.05, 3.63) is 57.8 Å². The second-order valence-electron chi connectivity index (χ2n) is 4.43. The summed E-state index contributed by atoms with van der Waals surface area (Å²) < 4.78 is 0. The molecule has 0 radical (unpaired) electrons. The van der Waals surface area contributed by atoms with Crippen LogP contribution < -0.4 is 4.90 Å². The number of aryl methyl sites for hydroxylation is 1. The molecule has 0 atom stereocenters. The number of aromatic nitrogens is 1. The van der Waals surface area contributed by atoms with Crippen molar-refractivity contribution in [3.8, 4) is 0 Å². The van der Waals surface area contributed by atoms with Crippen molar-refractivity contribution in [1.29, 1.82) is 0 Å². The summed E-state index contributed by atoms with van der Waals surface area (Å²) in [5, 5.41) is 0.894. The zero-order valence-electron chi connectivity index (χ0n) is 11.0. The Bertz CT molecular complexity index is 553. The van der Waals surface area contributed by atoms with Crippen molar-refractivity contribution >= 4 is 28.9 Å². The molecule has 0 spiro atoms. The number of pyridine rings is 1. The maximum Gasteiger partial charge on any atom is 0.135 e. The Labute approximate surface area is 124 Å². The second kappa shape index (κ2) is 6.27. The summed E-state index contributed by atoms with van der Waals surface area (Å²) in [6, 6.07) is 12.2. The Balaban J connectivity index is 2.21. The van der Waals surface area contributed by atoms with Gasteiger partial charge in [0.05, 0.1) is 0 Å². The highest BCUT2D eigenvalue weighted by Crippen LogP contribution is 2.22. The molecule has 2 nitrogen and oxygen atoms in total. The van der Waals surface area contributed by atoms with E-state index in [0.717, 1.165) is 18.7 Å². The zero-order valence-corrected chi connectivity index (χ0v) is 12.5. The summed E-state index contributed by atoms with van der Waals surface area (Å²) >= 11 is 11.9. The monoisotopic (exact) mass is 294 g/mol. The van der Waals surface area contributed by atoms with Crippen LogP contribution in [-0.2, 0) is 6.54 Å². The minimum atomic E-state index is 0.423. The van der Waals surface area contributed by atoms with E-state index in [9.17, 15) is 0 Å². The van der Waals surface area contributed by atoms with Gasteiger partial charge in [0, 0.05) is 24.3 Å². The van der Waals surface area contributed by atoms with Gasteiger partial charge in [-0.05, 0) is 32.0 Å². The summed E-state index contributed by atoms with van der Waals surface area (Å²) in [5.41, 5.74) is 3.42. The van der Waals surface area contributed by atoms with Crippen LogP contribution in [0.2, 0.25) is 10.3 Å². The van der Waals surface area contributed by atoms with Gasteiger partial charge in [-0.2, -0.15) is 0 Å². The fourth-order valence-corrected chi connectivity index (χ4v) is 2.31. The van der Waals surface area contributed by atoms with E-state index in [1.807, 2.05) is 6.07 Å². The van der Waals surface area contributed by atoms with Gasteiger partial charge in [-0.1, -0.05) is 47.0 Å². The maximum atomic E-state index is 6.12. The maximum absolute atomic E-state index is 6.12. The average Bonchev–Trinajstić information content (AvgIpc) is 2.39. The van der Waals surface area contributed by atoms with Gasteiger partial charge < -0.3 is 4.90 Å². The van der Waals surface area contributed by atoms with Crippen molar-refractivity contribution in [2.75, 3.05) is 11.4 Å². The van der Waals surface area contributed by atoms with Gasteiger partial charge in [0.15, 0.2) is 0 Å². The van der Waals surface area contributed by atoms with Gasteiger partial charge in [-0.25, -0.2) is 4.98 Å². The third-order valence-corrected chi connectivity index (χ3v) is 3.57. The number of benzene rings is 1. The van der Waals surface area contributed by atoms with Gasteiger partial charge >= 0.3 is 0 Å². The van der Waals surface area contributed by atoms with Gasteiger partial charge in [0.1, 0.15) is 10.3 Å². The molecular formula is C15H16Cl2N2. The highest BCUT2D eigenvalue weighted by molar-refractivity contribution is 6.32. The van der Waals surface area contributed by atoms with E-state index >= 15 is 0 Å². The predicted octanol–water partition coefficient (Wildman–Crippen LogP) is 4.72. The molecule has 0 bridgehead atoms. The molecule has 2 rings (SSSR count). The number of halogens is 2. The summed E-state index contributed by atoms with van der Waals surface area (Å²) in [6.07, 6.45) is 0. The molecule has 0 unspecified atom stereocenters. The van der Waals surface area contributed by atoms with E-state index in [-0.39, 0.29) is 0 Å². The normalized spacial score (nSPS) is 10.5. The third-order valence-electron chi connectivity index (χ3n) is 3.03. The van der Waals surface area contributed by atoms with Crippen LogP contribution in [0.3, 0.4) is 0 Å². The Morgan fingerprint density at radius 3 is 2.32 bits per heavy atom. The first-order valence-corrected chi connectivity index (χ1v) is 6.98. The molecule has 2 aromatic rings. The van der Waals surface area contributed by atoms with Crippen LogP contribution in [0.5, 0.6) is 0 Å². The van der Waals surface area contributed by atoms with Crippen molar-refractivity contribution < 1.29 is 0 Å². The van der Waals surface area contributed by atoms with Gasteiger partial charge in [0.25, 0.3) is 0 Å². The molecule has 0 aliphatic heterocycles. The fourth-order valence-electron chi connectivity index (χ4n) is 1.91. The number of anilines is 1. The minimum absolute atomic E-state index is 0.423. The van der Waals surface area contributed by atoms with Crippen LogP contribution >= 0.6 is 23.2 Å². The first-order chi connectivity index (χ1) is 9.10. The Hall–Kier alpha value is -1.25. The van der Waals surface area contributed by atoms with Gasteiger partial charge in [0.2, 0.25) is 0 Å². The summed E-state index contributed by atoms with van der Waals surface area (Å²) in [7, 11) is 0. The van der Waals surface area contributed by atoms with Crippen LogP contribution in [-0.4, -0.2) is 11.5 Å². The van der Waals surface area contributed by atoms with Crippen LogP contribution in [0.1, 0.15) is 18.1 Å². The van der Waals surface area contributed by atoms with Crippen molar-refractivity contribution in [2.24, 2.45) is 0 Å². The lowest BCUT2D eigenvalue weighted by Crippen LogP contribution is -2.22. The molecule has 100 valence electrons. The molecule has 0 aliphatic carbocycles. The summed E-state index contributed by atoms with van der Waals surface area (Å²) in [4.78, 5) is 6.32. The first-order valence-electron chi connectivity index (χ1n) is 6.22. The van der Waals surface area contributed by atoms with Crippen LogP contribution in [0.25, 0.3) is 0 Å². The average molecular weight is 295 g/mol. The largest absolute Gasteiger partial charge is 0.367 e. The fraction of sp³-hybridized carbons (Fsp3) is 0.267. The molecule has 0 aliphatic rings. The number of hydrogen-bond donors (Lipinski definition) is 0. The molecule has 1 aromatic heterocycles. The molecule has 1 aromatic carbocycles. The summed E-state index contributed by atoms with van der Waals surface area (Å²) in [5.74, 6) is 0. The van der Waals surface area contributed by atoms with Crippen molar-refractivity contribution in [2.45, 2.75) is 20.4 Å². The van der Waals surface area contributed by atoms with Crippen LogP contribution in [0, 0.1) is 6.92 Å². The van der Waals surface area contributed by atoms with E-state index < -0.39 is 0 Å². The molecule has 4 heteroatoms. The topological polar surface area (TPSA) is 16.1 Å². The quantitative estimate of drug-likeness (QED) is 0.758. The Morgan fingerprint density at radius 1 is 1.05 bits per heavy atom. The standard InChI is InChI=1S/C15H16Cl2N2/c1-3-19(13-7-4-11(2)5-8-13)10-12-6-9-14(16)18-15(12)17/h4-9H,3,10H2,1-2H3. The molecule has 0 saturated heterocycles. The number of hydrogen-bond acceptors (Lipinski definition) is 2. The number of rotatable bonds is 4.